The highest BCUT2D eigenvalue weighted by atomic mass is 19.1. The quantitative estimate of drug-likeness (QED) is 0.634. The first-order valence-corrected chi connectivity index (χ1v) is 6.55. The van der Waals surface area contributed by atoms with E-state index in [1.165, 1.54) is 19.2 Å². The van der Waals surface area contributed by atoms with Crippen LogP contribution in [-0.2, 0) is 16.0 Å². The molecule has 0 saturated carbocycles. The van der Waals surface area contributed by atoms with E-state index in [1.807, 2.05) is 0 Å². The predicted molar refractivity (Wildman–Crippen MR) is 73.3 cm³/mol. The summed E-state index contributed by atoms with van der Waals surface area (Å²) in [5.74, 6) is -2.10. The van der Waals surface area contributed by atoms with Gasteiger partial charge in [-0.3, -0.25) is 0 Å². The molecule has 0 bridgehead atoms. The lowest BCUT2D eigenvalue weighted by molar-refractivity contribution is 0.0305. The molecule has 1 aromatic rings. The number of hydrogen-bond acceptors (Lipinski definition) is 5. The summed E-state index contributed by atoms with van der Waals surface area (Å²) in [5, 5.41) is 12.4. The number of halogens is 2. The molecule has 2 N–H and O–H groups in total. The Balaban J connectivity index is 2.58. The lowest BCUT2D eigenvalue weighted by Gasteiger charge is -2.13. The first-order valence-electron chi connectivity index (χ1n) is 6.55. The van der Waals surface area contributed by atoms with Gasteiger partial charge < -0.3 is 24.6 Å². The molecule has 0 spiro atoms. The summed E-state index contributed by atoms with van der Waals surface area (Å²) in [4.78, 5) is 0. The normalized spacial score (nSPS) is 12.4. The third kappa shape index (κ3) is 6.34. The minimum absolute atomic E-state index is 0.0325. The fraction of sp³-hybridized carbons (Fsp3) is 0.571. The molecule has 0 aliphatic heterocycles. The molecule has 1 rings (SSSR count). The highest BCUT2D eigenvalue weighted by Crippen LogP contribution is 2.23. The number of benzene rings is 1. The van der Waals surface area contributed by atoms with Crippen molar-refractivity contribution in [3.63, 3.8) is 0 Å². The van der Waals surface area contributed by atoms with Gasteiger partial charge in [-0.25, -0.2) is 8.78 Å². The van der Waals surface area contributed by atoms with Gasteiger partial charge in [0.05, 0.1) is 13.2 Å². The van der Waals surface area contributed by atoms with Crippen LogP contribution in [-0.4, -0.2) is 51.8 Å². The highest BCUT2D eigenvalue weighted by molar-refractivity contribution is 5.31. The van der Waals surface area contributed by atoms with Crippen LogP contribution in [0.4, 0.5) is 8.78 Å². The number of aliphatic hydroxyl groups excluding tert-OH is 1. The maximum atomic E-state index is 13.8. The molecule has 0 saturated heterocycles. The molecule has 0 aromatic heterocycles. The van der Waals surface area contributed by atoms with Crippen LogP contribution in [0.15, 0.2) is 12.1 Å². The van der Waals surface area contributed by atoms with Gasteiger partial charge in [-0.05, 0) is 17.7 Å². The minimum Gasteiger partial charge on any atom is -0.485 e. The zero-order valence-corrected chi connectivity index (χ0v) is 12.2. The van der Waals surface area contributed by atoms with Gasteiger partial charge in [-0.2, -0.15) is 0 Å². The van der Waals surface area contributed by atoms with Gasteiger partial charge in [0.15, 0.2) is 17.4 Å². The van der Waals surface area contributed by atoms with Crippen molar-refractivity contribution in [2.24, 2.45) is 0 Å². The van der Waals surface area contributed by atoms with Gasteiger partial charge in [0.1, 0.15) is 12.7 Å². The number of hydrogen-bond donors (Lipinski definition) is 2. The Morgan fingerprint density at radius 3 is 2.38 bits per heavy atom. The molecule has 1 unspecified atom stereocenters. The maximum absolute atomic E-state index is 13.8. The van der Waals surface area contributed by atoms with E-state index in [4.69, 9.17) is 14.2 Å². The van der Waals surface area contributed by atoms with Gasteiger partial charge >= 0.3 is 0 Å². The molecule has 0 aliphatic carbocycles. The number of methoxy groups -OCH3 is 2. The van der Waals surface area contributed by atoms with Gasteiger partial charge in [0.25, 0.3) is 0 Å². The second-order valence-corrected chi connectivity index (χ2v) is 4.48. The lowest BCUT2D eigenvalue weighted by Crippen LogP contribution is -2.23. The second-order valence-electron chi connectivity index (χ2n) is 4.48. The summed E-state index contributed by atoms with van der Waals surface area (Å²) < 4.78 is 42.1. The summed E-state index contributed by atoms with van der Waals surface area (Å²) in [7, 11) is 2.99. The van der Waals surface area contributed by atoms with Crippen molar-refractivity contribution in [3.05, 3.63) is 29.3 Å². The third-order valence-corrected chi connectivity index (χ3v) is 2.65. The highest BCUT2D eigenvalue weighted by Gasteiger charge is 2.14. The average molecular weight is 305 g/mol. The van der Waals surface area contributed by atoms with Crippen molar-refractivity contribution >= 4 is 0 Å². The Morgan fingerprint density at radius 2 is 1.81 bits per heavy atom. The summed E-state index contributed by atoms with van der Waals surface area (Å²) in [5.41, 5.74) is 0.464. The zero-order valence-electron chi connectivity index (χ0n) is 12.2. The molecule has 21 heavy (non-hydrogen) atoms. The molecule has 0 radical (unpaired) electrons. The maximum Gasteiger partial charge on any atom is 0.190 e. The molecule has 5 nitrogen and oxygen atoms in total. The van der Waals surface area contributed by atoms with Crippen molar-refractivity contribution in [2.45, 2.75) is 12.6 Å². The molecule has 1 atom stereocenters. The lowest BCUT2D eigenvalue weighted by atomic mass is 10.2. The van der Waals surface area contributed by atoms with Crippen molar-refractivity contribution in [2.75, 3.05) is 40.6 Å². The van der Waals surface area contributed by atoms with Crippen molar-refractivity contribution in [1.82, 2.24) is 5.32 Å². The Morgan fingerprint density at radius 1 is 1.14 bits per heavy atom. The van der Waals surface area contributed by atoms with E-state index in [2.05, 4.69) is 5.32 Å². The zero-order chi connectivity index (χ0) is 15.7. The summed E-state index contributed by atoms with van der Waals surface area (Å²) in [6.07, 6.45) is -0.941. The molecule has 1 aromatic carbocycles. The number of aliphatic hydroxyl groups is 1. The first kappa shape index (κ1) is 17.8. The fourth-order valence-corrected chi connectivity index (χ4v) is 1.68. The SMILES string of the molecule is COCCNCc1cc(F)c(OCC(O)COC)c(F)c1. The van der Waals surface area contributed by atoms with Crippen LogP contribution in [0.25, 0.3) is 0 Å². The van der Waals surface area contributed by atoms with Crippen LogP contribution in [0, 0.1) is 11.6 Å². The number of rotatable bonds is 10. The fourth-order valence-electron chi connectivity index (χ4n) is 1.68. The van der Waals surface area contributed by atoms with Crippen LogP contribution in [0.5, 0.6) is 5.75 Å². The number of ether oxygens (including phenoxy) is 3. The number of nitrogens with one attached hydrogen (secondary N) is 1. The van der Waals surface area contributed by atoms with Crippen LogP contribution < -0.4 is 10.1 Å². The summed E-state index contributed by atoms with van der Waals surface area (Å²) in [6.45, 7) is 1.21. The van der Waals surface area contributed by atoms with Crippen molar-refractivity contribution in [3.8, 4) is 5.75 Å². The van der Waals surface area contributed by atoms with Crippen LogP contribution >= 0.6 is 0 Å². The Bertz CT molecular complexity index is 408. The molecular weight excluding hydrogens is 284 g/mol. The van der Waals surface area contributed by atoms with E-state index in [1.54, 1.807) is 7.11 Å². The molecule has 120 valence electrons. The Hall–Kier alpha value is -1.28. The smallest absolute Gasteiger partial charge is 0.190 e. The van der Waals surface area contributed by atoms with Gasteiger partial charge in [0.2, 0.25) is 0 Å². The van der Waals surface area contributed by atoms with E-state index in [9.17, 15) is 13.9 Å². The minimum atomic E-state index is -0.941. The first-order chi connectivity index (χ1) is 10.1. The van der Waals surface area contributed by atoms with Gasteiger partial charge in [-0.15, -0.1) is 0 Å². The molecule has 0 amide bonds. The summed E-state index contributed by atoms with van der Waals surface area (Å²) >= 11 is 0. The topological polar surface area (TPSA) is 60.0 Å². The third-order valence-electron chi connectivity index (χ3n) is 2.65. The van der Waals surface area contributed by atoms with E-state index >= 15 is 0 Å². The van der Waals surface area contributed by atoms with E-state index in [-0.39, 0.29) is 13.2 Å². The van der Waals surface area contributed by atoms with Crippen LogP contribution in [0.3, 0.4) is 0 Å². The van der Waals surface area contributed by atoms with Crippen LogP contribution in [0.2, 0.25) is 0 Å². The molecular formula is C14H21F2NO4. The van der Waals surface area contributed by atoms with Crippen molar-refractivity contribution in [1.29, 1.82) is 0 Å². The monoisotopic (exact) mass is 305 g/mol. The average Bonchev–Trinajstić information content (AvgIpc) is 2.43. The molecule has 0 heterocycles. The Labute approximate surface area is 122 Å². The summed E-state index contributed by atoms with van der Waals surface area (Å²) in [6, 6.07) is 2.39. The van der Waals surface area contributed by atoms with E-state index in [0.29, 0.717) is 25.3 Å². The van der Waals surface area contributed by atoms with Crippen LogP contribution in [0.1, 0.15) is 5.56 Å². The van der Waals surface area contributed by atoms with Gasteiger partial charge in [-0.1, -0.05) is 0 Å². The van der Waals surface area contributed by atoms with Gasteiger partial charge in [0, 0.05) is 27.3 Å². The largest absolute Gasteiger partial charge is 0.485 e. The van der Waals surface area contributed by atoms with E-state index < -0.39 is 23.5 Å². The van der Waals surface area contributed by atoms with E-state index in [0.717, 1.165) is 0 Å². The molecule has 0 aliphatic rings. The predicted octanol–water partition coefficient (Wildman–Crippen LogP) is 1.09. The molecule has 7 heteroatoms. The molecule has 0 fully saturated rings. The second kappa shape index (κ2) is 9.62. The van der Waals surface area contributed by atoms with Crippen molar-refractivity contribution < 1.29 is 28.1 Å². The Kier molecular flexibility index (Phi) is 8.14. The standard InChI is InChI=1S/C14H21F2NO4/c1-19-4-3-17-7-10-5-12(15)14(13(16)6-10)21-9-11(18)8-20-2/h5-6,11,17-18H,3-4,7-9H2,1-2H3.